The minimum Gasteiger partial charge on any atom is -0.493 e. The lowest BCUT2D eigenvalue weighted by Crippen LogP contribution is -2.53. The van der Waals surface area contributed by atoms with E-state index in [0.717, 1.165) is 16.9 Å². The molecule has 0 unspecified atom stereocenters. The van der Waals surface area contributed by atoms with Crippen molar-refractivity contribution in [3.8, 4) is 28.6 Å². The fourth-order valence-corrected chi connectivity index (χ4v) is 5.38. The zero-order valence-electron chi connectivity index (χ0n) is 25.5. The molecule has 0 spiro atoms. The van der Waals surface area contributed by atoms with Gasteiger partial charge in [0, 0.05) is 49.7 Å². The number of fused-ring (bicyclic) bond motifs is 5. The summed E-state index contributed by atoms with van der Waals surface area (Å²) in [6, 6.07) is 12.6. The normalized spacial score (nSPS) is 18.5. The third kappa shape index (κ3) is 7.49. The number of para-hydroxylation sites is 1. The smallest absolute Gasteiger partial charge is 0.242 e. The Morgan fingerprint density at radius 1 is 1.05 bits per heavy atom. The molecule has 0 radical (unpaired) electrons. The average molecular weight is 605 g/mol. The highest BCUT2D eigenvalue weighted by Gasteiger charge is 2.27. The summed E-state index contributed by atoms with van der Waals surface area (Å²) in [6.07, 6.45) is 3.55. The highest BCUT2D eigenvalue weighted by molar-refractivity contribution is 5.90. The Morgan fingerprint density at radius 2 is 1.84 bits per heavy atom. The van der Waals surface area contributed by atoms with Crippen molar-refractivity contribution in [1.29, 1.82) is 0 Å². The van der Waals surface area contributed by atoms with E-state index in [1.54, 1.807) is 13.3 Å². The molecule has 0 saturated heterocycles. The van der Waals surface area contributed by atoms with Crippen LogP contribution < -0.4 is 24.8 Å². The van der Waals surface area contributed by atoms with E-state index in [9.17, 15) is 14.4 Å². The Kier molecular flexibility index (Phi) is 10.0. The molecule has 0 aliphatic carbocycles. The predicted octanol–water partition coefficient (Wildman–Crippen LogP) is 1.93. The lowest BCUT2D eigenvalue weighted by molar-refractivity contribution is -0.138. The monoisotopic (exact) mass is 604 g/mol. The Labute approximate surface area is 257 Å². The van der Waals surface area contributed by atoms with Crippen molar-refractivity contribution in [2.45, 2.75) is 33.0 Å². The number of hydrogen-bond donors (Lipinski definition) is 2. The number of imidazole rings is 1. The topological polar surface area (TPSA) is 127 Å². The van der Waals surface area contributed by atoms with Gasteiger partial charge in [0.15, 0.2) is 11.5 Å². The van der Waals surface area contributed by atoms with Gasteiger partial charge in [-0.15, -0.1) is 0 Å². The van der Waals surface area contributed by atoms with Gasteiger partial charge in [-0.2, -0.15) is 0 Å². The van der Waals surface area contributed by atoms with Crippen LogP contribution in [0.4, 0.5) is 0 Å². The standard InChI is InChI=1S/C32H40N6O6/c1-22(2)30-32(41)34-11-13-37-12-10-33-31(37)23-8-9-26(42-3)27(18-23)44-17-15-38(20-28(39)35-30)29(40)21-36-14-16-43-25-7-5-4-6-24(25)19-36/h4-10,12,18,22,30H,11,13-17,19-21H2,1-3H3,(H,34,41)(H,35,39)/t30-/m1/s1. The first-order valence-electron chi connectivity index (χ1n) is 14.9. The summed E-state index contributed by atoms with van der Waals surface area (Å²) < 4.78 is 19.5. The van der Waals surface area contributed by atoms with Crippen LogP contribution in [0.25, 0.3) is 11.4 Å². The molecule has 12 heteroatoms. The largest absolute Gasteiger partial charge is 0.493 e. The number of ether oxygens (including phenoxy) is 3. The fourth-order valence-electron chi connectivity index (χ4n) is 5.38. The van der Waals surface area contributed by atoms with E-state index in [-0.39, 0.29) is 44.0 Å². The SMILES string of the molecule is COc1ccc2cc1OCCN(C(=O)CN1CCOc3ccccc3C1)CC(=O)N[C@H](C(C)C)C(=O)NCCn1ccnc1-2. The van der Waals surface area contributed by atoms with Gasteiger partial charge >= 0.3 is 0 Å². The highest BCUT2D eigenvalue weighted by atomic mass is 16.5. The van der Waals surface area contributed by atoms with Crippen LogP contribution in [-0.4, -0.2) is 96.2 Å². The van der Waals surface area contributed by atoms with Crippen molar-refractivity contribution in [3.05, 3.63) is 60.4 Å². The summed E-state index contributed by atoms with van der Waals surface area (Å²) in [6.45, 7) is 6.28. The number of carbonyl (C=O) groups is 3. The molecule has 2 aromatic carbocycles. The number of benzene rings is 2. The highest BCUT2D eigenvalue weighted by Crippen LogP contribution is 2.32. The molecule has 44 heavy (non-hydrogen) atoms. The number of carbonyl (C=O) groups excluding carboxylic acids is 3. The summed E-state index contributed by atoms with van der Waals surface area (Å²) in [5, 5.41) is 5.79. The number of amides is 3. The van der Waals surface area contributed by atoms with Crippen molar-refractivity contribution >= 4 is 17.7 Å². The minimum atomic E-state index is -0.757. The second kappa shape index (κ2) is 14.3. The molecule has 3 amide bonds. The zero-order valence-corrected chi connectivity index (χ0v) is 25.5. The molecule has 3 aromatic rings. The van der Waals surface area contributed by atoms with Crippen LogP contribution in [0.1, 0.15) is 19.4 Å². The first-order chi connectivity index (χ1) is 21.3. The number of nitrogens with one attached hydrogen (secondary N) is 2. The van der Waals surface area contributed by atoms with E-state index >= 15 is 0 Å². The second-order valence-electron chi connectivity index (χ2n) is 11.2. The molecule has 2 bridgehead atoms. The molecular formula is C32H40N6O6. The van der Waals surface area contributed by atoms with Crippen LogP contribution in [-0.2, 0) is 27.5 Å². The third-order valence-electron chi connectivity index (χ3n) is 7.75. The van der Waals surface area contributed by atoms with Crippen molar-refractivity contribution < 1.29 is 28.6 Å². The Hall–Kier alpha value is -4.58. The first-order valence-corrected chi connectivity index (χ1v) is 14.9. The average Bonchev–Trinajstić information content (AvgIpc) is 3.38. The van der Waals surface area contributed by atoms with Gasteiger partial charge in [-0.25, -0.2) is 4.98 Å². The van der Waals surface area contributed by atoms with Gasteiger partial charge in [-0.05, 0) is 30.2 Å². The summed E-state index contributed by atoms with van der Waals surface area (Å²) in [5.74, 6) is 1.47. The maximum absolute atomic E-state index is 13.7. The summed E-state index contributed by atoms with van der Waals surface area (Å²) in [7, 11) is 1.56. The summed E-state index contributed by atoms with van der Waals surface area (Å²) in [5.41, 5.74) is 1.82. The molecule has 2 N–H and O–H groups in total. The van der Waals surface area contributed by atoms with Crippen molar-refractivity contribution in [1.82, 2.24) is 30.0 Å². The van der Waals surface area contributed by atoms with Crippen LogP contribution >= 0.6 is 0 Å². The lowest BCUT2D eigenvalue weighted by atomic mass is 10.0. The van der Waals surface area contributed by atoms with Gasteiger partial charge in [0.25, 0.3) is 0 Å². The van der Waals surface area contributed by atoms with E-state index in [1.807, 2.05) is 72.0 Å². The van der Waals surface area contributed by atoms with Gasteiger partial charge in [0.05, 0.1) is 26.7 Å². The number of methoxy groups -OCH3 is 1. The fraction of sp³-hybridized carbons (Fsp3) is 0.438. The van der Waals surface area contributed by atoms with Gasteiger partial charge in [-0.1, -0.05) is 32.0 Å². The molecule has 0 saturated carbocycles. The number of nitrogens with zero attached hydrogens (tertiary/aromatic N) is 4. The number of aromatic nitrogens is 2. The minimum absolute atomic E-state index is 0.0978. The van der Waals surface area contributed by atoms with E-state index in [0.29, 0.717) is 50.1 Å². The van der Waals surface area contributed by atoms with Crippen LogP contribution in [0, 0.1) is 5.92 Å². The van der Waals surface area contributed by atoms with Crippen molar-refractivity contribution in [2.75, 3.05) is 53.0 Å². The molecule has 1 aromatic heterocycles. The lowest BCUT2D eigenvalue weighted by Gasteiger charge is -2.28. The molecule has 1 atom stereocenters. The quantitative estimate of drug-likeness (QED) is 0.463. The number of hydrogen-bond acceptors (Lipinski definition) is 8. The molecule has 3 heterocycles. The van der Waals surface area contributed by atoms with E-state index in [2.05, 4.69) is 15.6 Å². The molecule has 2 aliphatic rings. The van der Waals surface area contributed by atoms with Gasteiger partial charge in [0.1, 0.15) is 30.8 Å². The van der Waals surface area contributed by atoms with E-state index < -0.39 is 11.9 Å². The van der Waals surface area contributed by atoms with Gasteiger partial charge < -0.3 is 34.3 Å². The van der Waals surface area contributed by atoms with Crippen LogP contribution in [0.15, 0.2) is 54.9 Å². The van der Waals surface area contributed by atoms with Crippen LogP contribution in [0.5, 0.6) is 17.2 Å². The zero-order chi connectivity index (χ0) is 31.1. The summed E-state index contributed by atoms with van der Waals surface area (Å²) >= 11 is 0. The second-order valence-corrected chi connectivity index (χ2v) is 11.2. The van der Waals surface area contributed by atoms with Crippen LogP contribution in [0.3, 0.4) is 0 Å². The molecule has 234 valence electrons. The van der Waals surface area contributed by atoms with Gasteiger partial charge in [-0.3, -0.25) is 19.3 Å². The number of rotatable bonds is 4. The first kappa shape index (κ1) is 30.9. The predicted molar refractivity (Wildman–Crippen MR) is 163 cm³/mol. The van der Waals surface area contributed by atoms with Crippen LogP contribution in [0.2, 0.25) is 0 Å². The molecule has 2 aliphatic heterocycles. The molecule has 0 fully saturated rings. The van der Waals surface area contributed by atoms with Gasteiger partial charge in [0.2, 0.25) is 17.7 Å². The Morgan fingerprint density at radius 3 is 2.66 bits per heavy atom. The maximum Gasteiger partial charge on any atom is 0.242 e. The Balaban J connectivity index is 1.39. The Bertz CT molecular complexity index is 1470. The van der Waals surface area contributed by atoms with E-state index in [1.165, 1.54) is 4.90 Å². The van der Waals surface area contributed by atoms with Crippen molar-refractivity contribution in [3.63, 3.8) is 0 Å². The molecular weight excluding hydrogens is 564 g/mol. The summed E-state index contributed by atoms with van der Waals surface area (Å²) in [4.78, 5) is 48.1. The molecule has 5 rings (SSSR count). The van der Waals surface area contributed by atoms with Crippen molar-refractivity contribution in [2.24, 2.45) is 5.92 Å². The third-order valence-corrected chi connectivity index (χ3v) is 7.75. The molecule has 12 nitrogen and oxygen atoms in total. The van der Waals surface area contributed by atoms with E-state index in [4.69, 9.17) is 14.2 Å². The maximum atomic E-state index is 13.7.